The summed E-state index contributed by atoms with van der Waals surface area (Å²) in [5, 5.41) is 0. The highest BCUT2D eigenvalue weighted by molar-refractivity contribution is 6.02. The van der Waals surface area contributed by atoms with Crippen LogP contribution < -0.4 is 0 Å². The van der Waals surface area contributed by atoms with Gasteiger partial charge < -0.3 is 0 Å². The van der Waals surface area contributed by atoms with Crippen molar-refractivity contribution in [2.24, 2.45) is 10.9 Å². The van der Waals surface area contributed by atoms with E-state index in [0.29, 0.717) is 11.8 Å². The monoisotopic (exact) mass is 447 g/mol. The van der Waals surface area contributed by atoms with Gasteiger partial charge in [-0.1, -0.05) is 79.8 Å². The van der Waals surface area contributed by atoms with E-state index in [0.717, 1.165) is 29.0 Å². The number of hydrogen-bond acceptors (Lipinski definition) is 1. The Balaban J connectivity index is 1.62. The molecule has 0 spiro atoms. The molecule has 0 radical (unpaired) electrons. The van der Waals surface area contributed by atoms with E-state index >= 15 is 0 Å². The molecule has 0 bridgehead atoms. The zero-order valence-electron chi connectivity index (χ0n) is 21.0. The smallest absolute Gasteiger partial charge is 0.0662 e. The molecule has 0 heterocycles. The minimum absolute atomic E-state index is 0.647. The molecule has 2 aromatic rings. The van der Waals surface area contributed by atoms with Crippen LogP contribution >= 0.6 is 0 Å². The lowest BCUT2D eigenvalue weighted by Gasteiger charge is -2.29. The van der Waals surface area contributed by atoms with Gasteiger partial charge in [0.1, 0.15) is 0 Å². The van der Waals surface area contributed by atoms with E-state index in [1.54, 1.807) is 0 Å². The molecule has 174 valence electrons. The largest absolute Gasteiger partial charge is 0.253 e. The number of para-hydroxylation sites is 1. The third kappa shape index (κ3) is 6.82. The van der Waals surface area contributed by atoms with Gasteiger partial charge >= 0.3 is 0 Å². The topological polar surface area (TPSA) is 12.4 Å². The van der Waals surface area contributed by atoms with Crippen LogP contribution in [0.2, 0.25) is 0 Å². The maximum absolute atomic E-state index is 5.48. The molecular weight excluding hydrogens is 410 g/mol. The molecule has 0 aliphatic heterocycles. The normalized spacial score (nSPS) is 19.1. The second-order valence-electron chi connectivity index (χ2n) is 9.38. The Morgan fingerprint density at radius 2 is 1.71 bits per heavy atom. The molecule has 1 saturated carbocycles. The van der Waals surface area contributed by atoms with Gasteiger partial charge in [-0.05, 0) is 104 Å². The van der Waals surface area contributed by atoms with Gasteiger partial charge in [0.2, 0.25) is 0 Å². The van der Waals surface area contributed by atoms with E-state index in [1.165, 1.54) is 47.9 Å². The summed E-state index contributed by atoms with van der Waals surface area (Å²) in [7, 11) is 0. The number of benzene rings is 2. The standard InChI is InChI=1S/C33H37N/c1-7-24(3)23-28-14-17-31(18-15-28)32-21-19-30(20-22-32)29(8-2)16-13-25(4)27(6)34-33-12-10-9-11-26(33)5/h1,8-13,16,19-22,28,31H,3-4,14-15,17-18,23H2,2,5-6H3/b16-13-,29-8+,34-27?. The maximum Gasteiger partial charge on any atom is 0.0662 e. The van der Waals surface area contributed by atoms with Crippen LogP contribution in [0.1, 0.15) is 68.6 Å². The summed E-state index contributed by atoms with van der Waals surface area (Å²) >= 11 is 0. The van der Waals surface area contributed by atoms with Crippen LogP contribution in [0, 0.1) is 25.2 Å². The van der Waals surface area contributed by atoms with E-state index in [2.05, 4.69) is 81.5 Å². The fraction of sp³-hybridized carbons (Fsp3) is 0.303. The zero-order valence-corrected chi connectivity index (χ0v) is 21.0. The summed E-state index contributed by atoms with van der Waals surface area (Å²) in [6, 6.07) is 17.3. The third-order valence-electron chi connectivity index (χ3n) is 6.94. The van der Waals surface area contributed by atoms with Crippen LogP contribution in [-0.4, -0.2) is 5.71 Å². The first-order valence-electron chi connectivity index (χ1n) is 12.3. The Morgan fingerprint density at radius 3 is 2.32 bits per heavy atom. The van der Waals surface area contributed by atoms with Gasteiger partial charge in [-0.15, -0.1) is 6.42 Å². The van der Waals surface area contributed by atoms with Gasteiger partial charge in [0.15, 0.2) is 0 Å². The van der Waals surface area contributed by atoms with Gasteiger partial charge in [-0.2, -0.15) is 0 Å². The van der Waals surface area contributed by atoms with Crippen LogP contribution in [0.4, 0.5) is 5.69 Å². The molecule has 0 N–H and O–H groups in total. The SMILES string of the molecule is C#CC(=C)CC1CCC(c2ccc(C(/C=C\C(=C)C(C)=Nc3ccccc3C)=C/C)cc2)CC1. The molecule has 1 nitrogen and oxygen atoms in total. The number of nitrogens with zero attached hydrogens (tertiary/aromatic N) is 1. The Hall–Kier alpha value is -3.37. The minimum atomic E-state index is 0.647. The molecule has 2 aromatic carbocycles. The summed E-state index contributed by atoms with van der Waals surface area (Å²) in [4.78, 5) is 4.76. The van der Waals surface area contributed by atoms with E-state index in [1.807, 2.05) is 25.1 Å². The van der Waals surface area contributed by atoms with Crippen molar-refractivity contribution >= 4 is 17.0 Å². The number of aliphatic imine (C=N–C) groups is 1. The summed E-state index contributed by atoms with van der Waals surface area (Å²) in [6.45, 7) is 14.4. The van der Waals surface area contributed by atoms with E-state index in [9.17, 15) is 0 Å². The fourth-order valence-corrected chi connectivity index (χ4v) is 4.67. The van der Waals surface area contributed by atoms with E-state index < -0.39 is 0 Å². The number of terminal acetylenes is 1. The van der Waals surface area contributed by atoms with Gasteiger partial charge in [0.05, 0.1) is 5.69 Å². The predicted octanol–water partition coefficient (Wildman–Crippen LogP) is 9.16. The van der Waals surface area contributed by atoms with Crippen LogP contribution in [0.3, 0.4) is 0 Å². The average Bonchev–Trinajstić information content (AvgIpc) is 2.86. The first-order chi connectivity index (χ1) is 16.4. The van der Waals surface area contributed by atoms with Crippen molar-refractivity contribution in [2.45, 2.75) is 58.8 Å². The maximum atomic E-state index is 5.48. The number of hydrogen-bond donors (Lipinski definition) is 0. The molecular formula is C33H37N. The molecule has 1 fully saturated rings. The predicted molar refractivity (Wildman–Crippen MR) is 150 cm³/mol. The molecule has 0 saturated heterocycles. The molecule has 0 unspecified atom stereocenters. The molecule has 3 rings (SSSR count). The molecule has 0 aromatic heterocycles. The summed E-state index contributed by atoms with van der Waals surface area (Å²) in [5.41, 5.74) is 8.81. The highest BCUT2D eigenvalue weighted by atomic mass is 14.7. The van der Waals surface area contributed by atoms with E-state index in [4.69, 9.17) is 11.4 Å². The quantitative estimate of drug-likeness (QED) is 0.217. The number of allylic oxidation sites excluding steroid dienone is 6. The fourth-order valence-electron chi connectivity index (χ4n) is 4.67. The first kappa shape index (κ1) is 25.3. The van der Waals surface area contributed by atoms with Crippen molar-refractivity contribution in [3.8, 4) is 12.3 Å². The summed E-state index contributed by atoms with van der Waals surface area (Å²) in [6.07, 6.45) is 17.8. The molecule has 1 aliphatic carbocycles. The molecule has 1 heteroatoms. The number of aryl methyl sites for hydroxylation is 1. The summed E-state index contributed by atoms with van der Waals surface area (Å²) in [5.74, 6) is 4.04. The van der Waals surface area contributed by atoms with Crippen molar-refractivity contribution in [3.63, 3.8) is 0 Å². The van der Waals surface area contributed by atoms with Gasteiger partial charge in [0, 0.05) is 5.71 Å². The Labute approximate surface area is 206 Å². The lowest BCUT2D eigenvalue weighted by Crippen LogP contribution is -2.13. The Bertz CT molecular complexity index is 1140. The zero-order chi connectivity index (χ0) is 24.5. The second-order valence-corrected chi connectivity index (χ2v) is 9.38. The Morgan fingerprint density at radius 1 is 1.03 bits per heavy atom. The molecule has 1 aliphatic rings. The van der Waals surface area contributed by atoms with Crippen molar-refractivity contribution in [2.75, 3.05) is 0 Å². The van der Waals surface area contributed by atoms with Gasteiger partial charge in [-0.25, -0.2) is 0 Å². The lowest BCUT2D eigenvalue weighted by atomic mass is 9.76. The Kier molecular flexibility index (Phi) is 9.06. The summed E-state index contributed by atoms with van der Waals surface area (Å²) < 4.78 is 0. The van der Waals surface area contributed by atoms with Crippen molar-refractivity contribution < 1.29 is 0 Å². The first-order valence-corrected chi connectivity index (χ1v) is 12.3. The molecule has 34 heavy (non-hydrogen) atoms. The molecule has 0 atom stereocenters. The molecule has 0 amide bonds. The lowest BCUT2D eigenvalue weighted by molar-refractivity contribution is 0.326. The highest BCUT2D eigenvalue weighted by Gasteiger charge is 2.22. The van der Waals surface area contributed by atoms with Crippen LogP contribution in [-0.2, 0) is 0 Å². The van der Waals surface area contributed by atoms with Gasteiger partial charge in [-0.3, -0.25) is 4.99 Å². The van der Waals surface area contributed by atoms with Crippen molar-refractivity contribution in [3.05, 3.63) is 108 Å². The van der Waals surface area contributed by atoms with Crippen LogP contribution in [0.15, 0.2) is 96.1 Å². The minimum Gasteiger partial charge on any atom is -0.253 e. The second kappa shape index (κ2) is 12.2. The third-order valence-corrected chi connectivity index (χ3v) is 6.94. The van der Waals surface area contributed by atoms with Crippen molar-refractivity contribution in [1.29, 1.82) is 0 Å². The van der Waals surface area contributed by atoms with Crippen molar-refractivity contribution in [1.82, 2.24) is 0 Å². The number of rotatable bonds is 8. The van der Waals surface area contributed by atoms with Crippen LogP contribution in [0.25, 0.3) is 5.57 Å². The van der Waals surface area contributed by atoms with Gasteiger partial charge in [0.25, 0.3) is 0 Å². The average molecular weight is 448 g/mol. The van der Waals surface area contributed by atoms with Crippen LogP contribution in [0.5, 0.6) is 0 Å². The van der Waals surface area contributed by atoms with E-state index in [-0.39, 0.29) is 0 Å². The highest BCUT2D eigenvalue weighted by Crippen LogP contribution is 2.38.